The highest BCUT2D eigenvalue weighted by atomic mass is 19.1. The zero-order valence-electron chi connectivity index (χ0n) is 23.3. The van der Waals surface area contributed by atoms with Crippen LogP contribution in [0.3, 0.4) is 0 Å². The van der Waals surface area contributed by atoms with Gasteiger partial charge in [-0.25, -0.2) is 4.39 Å². The van der Waals surface area contributed by atoms with E-state index in [1.54, 1.807) is 26.1 Å². The molecule has 2 aromatic carbocycles. The highest BCUT2D eigenvalue weighted by Gasteiger charge is 2.40. The molecular weight excluding hydrogens is 511 g/mol. The number of hydrogen-bond acceptors (Lipinski definition) is 5. The van der Waals surface area contributed by atoms with Crippen LogP contribution in [0.4, 0.5) is 4.39 Å². The van der Waals surface area contributed by atoms with Gasteiger partial charge in [0, 0.05) is 26.6 Å². The monoisotopic (exact) mass is 550 g/mol. The maximum absolute atomic E-state index is 13.6. The molecule has 2 heterocycles. The molecule has 1 saturated carbocycles. The lowest BCUT2D eigenvalue weighted by atomic mass is 9.96. The molecule has 2 aliphatic heterocycles. The Kier molecular flexibility index (Phi) is 8.69. The molecule has 1 fully saturated rings. The SMILES string of the molecule is C[C@@H]1C(=O)N[C@@H](Cc2ccc(F)cc2)C(=O)NCCCc2cccc3c2OC(CC3)CN[C@H](C2CC2)C(=O)N1C. The Labute approximate surface area is 235 Å². The predicted molar refractivity (Wildman–Crippen MR) is 149 cm³/mol. The van der Waals surface area contributed by atoms with E-state index in [4.69, 9.17) is 4.74 Å². The first-order chi connectivity index (χ1) is 19.3. The Morgan fingerprint density at radius 2 is 1.70 bits per heavy atom. The summed E-state index contributed by atoms with van der Waals surface area (Å²) >= 11 is 0. The Hall–Kier alpha value is -3.46. The number of nitrogens with zero attached hydrogens (tertiary/aromatic N) is 1. The average molecular weight is 551 g/mol. The van der Waals surface area contributed by atoms with Crippen molar-refractivity contribution in [1.82, 2.24) is 20.9 Å². The van der Waals surface area contributed by atoms with E-state index < -0.39 is 24.0 Å². The van der Waals surface area contributed by atoms with E-state index in [9.17, 15) is 18.8 Å². The molecule has 0 aromatic heterocycles. The molecule has 2 aromatic rings. The molecule has 1 aliphatic carbocycles. The molecule has 4 atom stereocenters. The van der Waals surface area contributed by atoms with E-state index >= 15 is 0 Å². The first-order valence-electron chi connectivity index (χ1n) is 14.4. The van der Waals surface area contributed by atoms with Gasteiger partial charge in [0.15, 0.2) is 0 Å². The van der Waals surface area contributed by atoms with Gasteiger partial charge in [0.25, 0.3) is 0 Å². The molecule has 0 spiro atoms. The van der Waals surface area contributed by atoms with Gasteiger partial charge in [-0.05, 0) is 80.2 Å². The topological polar surface area (TPSA) is 99.8 Å². The van der Waals surface area contributed by atoms with Crippen LogP contribution in [0.25, 0.3) is 0 Å². The lowest BCUT2D eigenvalue weighted by molar-refractivity contribution is -0.141. The van der Waals surface area contributed by atoms with Crippen molar-refractivity contribution in [1.29, 1.82) is 0 Å². The van der Waals surface area contributed by atoms with Crippen LogP contribution in [-0.2, 0) is 33.6 Å². The van der Waals surface area contributed by atoms with Crippen LogP contribution in [0.2, 0.25) is 0 Å². The van der Waals surface area contributed by atoms with E-state index in [0.29, 0.717) is 19.5 Å². The van der Waals surface area contributed by atoms with Crippen LogP contribution in [-0.4, -0.2) is 67.0 Å². The molecule has 214 valence electrons. The quantitative estimate of drug-likeness (QED) is 0.546. The minimum Gasteiger partial charge on any atom is -0.489 e. The van der Waals surface area contributed by atoms with Crippen molar-refractivity contribution < 1.29 is 23.5 Å². The molecule has 9 heteroatoms. The molecule has 2 bridgehead atoms. The van der Waals surface area contributed by atoms with Gasteiger partial charge in [-0.1, -0.05) is 30.3 Å². The van der Waals surface area contributed by atoms with Crippen molar-refractivity contribution in [3.8, 4) is 5.75 Å². The van der Waals surface area contributed by atoms with Crippen molar-refractivity contribution in [2.45, 2.75) is 76.1 Å². The summed E-state index contributed by atoms with van der Waals surface area (Å²) in [6.07, 6.45) is 5.33. The zero-order chi connectivity index (χ0) is 28.2. The molecule has 3 aliphatic rings. The number of aryl methyl sites for hydroxylation is 2. The van der Waals surface area contributed by atoms with Gasteiger partial charge in [0.2, 0.25) is 17.7 Å². The number of carbonyl (C=O) groups is 3. The fourth-order valence-electron chi connectivity index (χ4n) is 5.57. The summed E-state index contributed by atoms with van der Waals surface area (Å²) < 4.78 is 19.9. The maximum atomic E-state index is 13.6. The van der Waals surface area contributed by atoms with Gasteiger partial charge in [-0.2, -0.15) is 0 Å². The molecule has 40 heavy (non-hydrogen) atoms. The summed E-state index contributed by atoms with van der Waals surface area (Å²) in [6.45, 7) is 2.66. The maximum Gasteiger partial charge on any atom is 0.243 e. The summed E-state index contributed by atoms with van der Waals surface area (Å²) in [6, 6.07) is 10.1. The minimum absolute atomic E-state index is 0.0421. The third kappa shape index (κ3) is 6.63. The number of benzene rings is 2. The molecule has 3 amide bonds. The first-order valence-corrected chi connectivity index (χ1v) is 14.4. The lowest BCUT2D eigenvalue weighted by Crippen LogP contribution is -2.57. The summed E-state index contributed by atoms with van der Waals surface area (Å²) in [7, 11) is 1.64. The number of nitrogens with one attached hydrogen (secondary N) is 3. The largest absolute Gasteiger partial charge is 0.489 e. The van der Waals surface area contributed by atoms with Crippen LogP contribution in [0, 0.1) is 11.7 Å². The molecule has 3 N–H and O–H groups in total. The van der Waals surface area contributed by atoms with Gasteiger partial charge in [-0.15, -0.1) is 0 Å². The van der Waals surface area contributed by atoms with E-state index in [-0.39, 0.29) is 36.1 Å². The second kappa shape index (κ2) is 12.4. The van der Waals surface area contributed by atoms with Gasteiger partial charge in [0.05, 0.1) is 6.04 Å². The van der Waals surface area contributed by atoms with Crippen molar-refractivity contribution in [2.24, 2.45) is 5.92 Å². The van der Waals surface area contributed by atoms with Crippen LogP contribution < -0.4 is 20.7 Å². The van der Waals surface area contributed by atoms with Gasteiger partial charge >= 0.3 is 0 Å². The second-order valence-electron chi connectivity index (χ2n) is 11.3. The number of hydrogen-bond donors (Lipinski definition) is 3. The van der Waals surface area contributed by atoms with Gasteiger partial charge < -0.3 is 25.6 Å². The van der Waals surface area contributed by atoms with E-state index in [0.717, 1.165) is 49.0 Å². The Balaban J connectivity index is 1.39. The number of halogens is 1. The average Bonchev–Trinajstić information content (AvgIpc) is 3.80. The van der Waals surface area contributed by atoms with E-state index in [2.05, 4.69) is 28.1 Å². The number of amides is 3. The lowest BCUT2D eigenvalue weighted by Gasteiger charge is -2.32. The van der Waals surface area contributed by atoms with Gasteiger partial charge in [-0.3, -0.25) is 14.4 Å². The van der Waals surface area contributed by atoms with Crippen LogP contribution in [0.15, 0.2) is 42.5 Å². The van der Waals surface area contributed by atoms with Crippen molar-refractivity contribution in [3.63, 3.8) is 0 Å². The molecule has 8 nitrogen and oxygen atoms in total. The Morgan fingerprint density at radius 3 is 2.42 bits per heavy atom. The van der Waals surface area contributed by atoms with Crippen molar-refractivity contribution >= 4 is 17.7 Å². The molecule has 5 rings (SSSR count). The summed E-state index contributed by atoms with van der Waals surface area (Å²) in [5.74, 6) is -0.0703. The normalized spacial score (nSPS) is 26.7. The summed E-state index contributed by atoms with van der Waals surface area (Å²) in [4.78, 5) is 41.6. The van der Waals surface area contributed by atoms with Crippen LogP contribution in [0.1, 0.15) is 49.3 Å². The van der Waals surface area contributed by atoms with Crippen molar-refractivity contribution in [3.05, 3.63) is 65.0 Å². The molecule has 1 unspecified atom stereocenters. The summed E-state index contributed by atoms with van der Waals surface area (Å²) in [5, 5.41) is 9.29. The second-order valence-corrected chi connectivity index (χ2v) is 11.3. The highest BCUT2D eigenvalue weighted by molar-refractivity contribution is 5.93. The molecular formula is C31H39FN4O4. The third-order valence-electron chi connectivity index (χ3n) is 8.34. The Morgan fingerprint density at radius 1 is 0.975 bits per heavy atom. The van der Waals surface area contributed by atoms with E-state index in [1.807, 2.05) is 6.07 Å². The van der Waals surface area contributed by atoms with Crippen molar-refractivity contribution in [2.75, 3.05) is 20.1 Å². The van der Waals surface area contributed by atoms with Gasteiger partial charge in [0.1, 0.15) is 29.8 Å². The fourth-order valence-corrected chi connectivity index (χ4v) is 5.57. The number of para-hydroxylation sites is 1. The van der Waals surface area contributed by atoms with Crippen LogP contribution in [0.5, 0.6) is 5.75 Å². The smallest absolute Gasteiger partial charge is 0.243 e. The number of likely N-dealkylation sites (N-methyl/N-ethyl adjacent to an activating group) is 1. The van der Waals surface area contributed by atoms with Crippen LogP contribution >= 0.6 is 0 Å². The highest BCUT2D eigenvalue weighted by Crippen LogP contribution is 2.35. The minimum atomic E-state index is -0.867. The zero-order valence-corrected chi connectivity index (χ0v) is 23.3. The standard InChI is InChI=1S/C31H39FN4O4/c1-19-29(37)35-26(17-20-8-13-24(32)14-9-20)30(38)33-16-4-7-22-5-3-6-23-12-15-25(40-28(22)23)18-34-27(21-10-11-21)31(39)36(19)2/h3,5-6,8-9,13-14,19,21,25-27,34H,4,7,10-12,15-18H2,1-2H3,(H,33,38)(H,35,37)/t19-,25?,26+,27-/m1/s1. The predicted octanol–water partition coefficient (Wildman–Crippen LogP) is 2.52. The number of rotatable bonds is 3. The molecule has 0 saturated heterocycles. The summed E-state index contributed by atoms with van der Waals surface area (Å²) in [5.41, 5.74) is 3.02. The Bertz CT molecular complexity index is 1230. The number of carbonyl (C=O) groups excluding carboxylic acids is 3. The third-order valence-corrected chi connectivity index (χ3v) is 8.34. The fraction of sp³-hybridized carbons (Fsp3) is 0.516. The number of ether oxygens (including phenoxy) is 1. The molecule has 0 radical (unpaired) electrons. The first kappa shape index (κ1) is 28.1. The van der Waals surface area contributed by atoms with E-state index in [1.165, 1.54) is 22.6 Å². The number of fused-ring (bicyclic) bond motifs is 1.